The molecule has 0 aromatic heterocycles. The SMILES string of the molecule is I.NC(=NCC1(c2cccc(Br)c2)CCCC1)NCCCN1CCOCC1. The van der Waals surface area contributed by atoms with Crippen LogP contribution in [0.25, 0.3) is 0 Å². The summed E-state index contributed by atoms with van der Waals surface area (Å²) in [7, 11) is 0. The van der Waals surface area contributed by atoms with E-state index in [0.717, 1.165) is 56.8 Å². The lowest BCUT2D eigenvalue weighted by molar-refractivity contribution is 0.0376. The van der Waals surface area contributed by atoms with E-state index in [0.29, 0.717) is 5.96 Å². The third-order valence-electron chi connectivity index (χ3n) is 5.61. The number of nitrogens with zero attached hydrogens (tertiary/aromatic N) is 2. The molecule has 1 aliphatic heterocycles. The van der Waals surface area contributed by atoms with Crippen LogP contribution in [0.1, 0.15) is 37.7 Å². The number of morpholine rings is 1. The quantitative estimate of drug-likeness (QED) is 0.236. The van der Waals surface area contributed by atoms with Gasteiger partial charge in [-0.15, -0.1) is 24.0 Å². The Morgan fingerprint density at radius 3 is 2.70 bits per heavy atom. The maximum Gasteiger partial charge on any atom is 0.188 e. The number of nitrogens with one attached hydrogen (secondary N) is 1. The molecule has 0 amide bonds. The number of hydrogen-bond donors (Lipinski definition) is 2. The van der Waals surface area contributed by atoms with E-state index in [1.807, 2.05) is 0 Å². The van der Waals surface area contributed by atoms with Crippen molar-refractivity contribution in [3.05, 3.63) is 34.3 Å². The summed E-state index contributed by atoms with van der Waals surface area (Å²) in [6.07, 6.45) is 6.01. The van der Waals surface area contributed by atoms with E-state index in [9.17, 15) is 0 Å². The van der Waals surface area contributed by atoms with Gasteiger partial charge >= 0.3 is 0 Å². The van der Waals surface area contributed by atoms with Crippen LogP contribution in [0.4, 0.5) is 0 Å². The van der Waals surface area contributed by atoms with Crippen molar-refractivity contribution >= 4 is 45.9 Å². The topological polar surface area (TPSA) is 62.9 Å². The number of guanidine groups is 1. The molecule has 1 saturated carbocycles. The van der Waals surface area contributed by atoms with E-state index < -0.39 is 0 Å². The minimum Gasteiger partial charge on any atom is -0.379 e. The van der Waals surface area contributed by atoms with Gasteiger partial charge in [-0.25, -0.2) is 0 Å². The third kappa shape index (κ3) is 6.87. The van der Waals surface area contributed by atoms with Crippen LogP contribution < -0.4 is 11.1 Å². The van der Waals surface area contributed by atoms with Crippen LogP contribution in [0.2, 0.25) is 0 Å². The molecule has 2 fully saturated rings. The second kappa shape index (κ2) is 11.6. The number of hydrogen-bond acceptors (Lipinski definition) is 3. The molecule has 1 aliphatic carbocycles. The number of benzene rings is 1. The van der Waals surface area contributed by atoms with Gasteiger partial charge in [0.25, 0.3) is 0 Å². The Labute approximate surface area is 188 Å². The molecule has 3 rings (SSSR count). The van der Waals surface area contributed by atoms with Crippen LogP contribution in [0.15, 0.2) is 33.7 Å². The molecule has 0 spiro atoms. The van der Waals surface area contributed by atoms with Crippen molar-refractivity contribution in [2.24, 2.45) is 10.7 Å². The number of nitrogens with two attached hydrogens (primary N) is 1. The second-order valence-electron chi connectivity index (χ2n) is 7.43. The molecule has 0 bridgehead atoms. The average Bonchev–Trinajstić information content (AvgIpc) is 3.15. The molecular weight excluding hydrogens is 519 g/mol. The van der Waals surface area contributed by atoms with Gasteiger partial charge in [-0.2, -0.15) is 0 Å². The zero-order valence-corrected chi connectivity index (χ0v) is 19.9. The van der Waals surface area contributed by atoms with Crippen LogP contribution in [-0.2, 0) is 10.2 Å². The summed E-state index contributed by atoms with van der Waals surface area (Å²) < 4.78 is 6.52. The normalized spacial score (nSPS) is 20.3. The highest BCUT2D eigenvalue weighted by Crippen LogP contribution is 2.42. The van der Waals surface area contributed by atoms with Gasteiger partial charge in [0.2, 0.25) is 0 Å². The lowest BCUT2D eigenvalue weighted by atomic mass is 9.79. The van der Waals surface area contributed by atoms with E-state index in [1.54, 1.807) is 0 Å². The minimum absolute atomic E-state index is 0. The molecule has 7 heteroatoms. The van der Waals surface area contributed by atoms with Gasteiger partial charge in [0.1, 0.15) is 0 Å². The first-order chi connectivity index (χ1) is 12.7. The fraction of sp³-hybridized carbons (Fsp3) is 0.650. The first kappa shape index (κ1) is 22.9. The third-order valence-corrected chi connectivity index (χ3v) is 6.10. The summed E-state index contributed by atoms with van der Waals surface area (Å²) in [5, 5.41) is 3.29. The fourth-order valence-electron chi connectivity index (χ4n) is 4.04. The van der Waals surface area contributed by atoms with E-state index in [2.05, 4.69) is 50.4 Å². The average molecular weight is 551 g/mol. The lowest BCUT2D eigenvalue weighted by Gasteiger charge is -2.28. The largest absolute Gasteiger partial charge is 0.379 e. The first-order valence-electron chi connectivity index (χ1n) is 9.78. The highest BCUT2D eigenvalue weighted by molar-refractivity contribution is 14.0. The van der Waals surface area contributed by atoms with Crippen LogP contribution in [0.3, 0.4) is 0 Å². The molecular formula is C20H32BrIN4O. The molecule has 1 aromatic carbocycles. The number of rotatable bonds is 7. The summed E-state index contributed by atoms with van der Waals surface area (Å²) in [5.74, 6) is 0.577. The summed E-state index contributed by atoms with van der Waals surface area (Å²) in [5.41, 5.74) is 7.66. The van der Waals surface area contributed by atoms with Gasteiger partial charge in [0.15, 0.2) is 5.96 Å². The Balaban J connectivity index is 0.00000261. The molecule has 1 heterocycles. The summed E-state index contributed by atoms with van der Waals surface area (Å²) in [4.78, 5) is 7.15. The molecule has 27 heavy (non-hydrogen) atoms. The highest BCUT2D eigenvalue weighted by atomic mass is 127. The molecule has 3 N–H and O–H groups in total. The Morgan fingerprint density at radius 1 is 1.26 bits per heavy atom. The highest BCUT2D eigenvalue weighted by Gasteiger charge is 2.35. The van der Waals surface area contributed by atoms with Crippen molar-refractivity contribution in [2.45, 2.75) is 37.5 Å². The number of aliphatic imine (C=N–C) groups is 1. The Hall–Kier alpha value is -0.380. The van der Waals surface area contributed by atoms with Crippen LogP contribution in [0.5, 0.6) is 0 Å². The van der Waals surface area contributed by atoms with Crippen molar-refractivity contribution in [3.63, 3.8) is 0 Å². The maximum absolute atomic E-state index is 6.13. The standard InChI is InChI=1S/C20H31BrN4O.HI/c21-18-6-3-5-17(15-18)20(7-1-2-8-20)16-24-19(22)23-9-4-10-25-11-13-26-14-12-25;/h3,5-6,15H,1-2,4,7-14,16H2,(H3,22,23,24);1H. The van der Waals surface area contributed by atoms with Crippen molar-refractivity contribution in [1.29, 1.82) is 0 Å². The van der Waals surface area contributed by atoms with Crippen LogP contribution >= 0.6 is 39.9 Å². The summed E-state index contributed by atoms with van der Waals surface area (Å²) in [6, 6.07) is 8.68. The summed E-state index contributed by atoms with van der Waals surface area (Å²) >= 11 is 3.60. The van der Waals surface area contributed by atoms with Crippen molar-refractivity contribution in [2.75, 3.05) is 45.9 Å². The predicted molar refractivity (Wildman–Crippen MR) is 126 cm³/mol. The minimum atomic E-state index is 0. The molecule has 1 saturated heterocycles. The van der Waals surface area contributed by atoms with Gasteiger partial charge in [0, 0.05) is 29.5 Å². The maximum atomic E-state index is 6.13. The predicted octanol–water partition coefficient (Wildman–Crippen LogP) is 3.51. The lowest BCUT2D eigenvalue weighted by Crippen LogP contribution is -2.39. The van der Waals surface area contributed by atoms with E-state index >= 15 is 0 Å². The number of ether oxygens (including phenoxy) is 1. The number of halogens is 2. The van der Waals surface area contributed by atoms with Gasteiger partial charge in [-0.3, -0.25) is 9.89 Å². The van der Waals surface area contributed by atoms with E-state index in [-0.39, 0.29) is 29.4 Å². The van der Waals surface area contributed by atoms with Gasteiger partial charge in [-0.05, 0) is 43.5 Å². The molecule has 5 nitrogen and oxygen atoms in total. The molecule has 0 atom stereocenters. The molecule has 0 radical (unpaired) electrons. The van der Waals surface area contributed by atoms with Crippen molar-refractivity contribution in [3.8, 4) is 0 Å². The zero-order chi connectivity index (χ0) is 18.2. The Bertz CT molecular complexity index is 601. The molecule has 0 unspecified atom stereocenters. The Kier molecular flexibility index (Phi) is 9.82. The van der Waals surface area contributed by atoms with Gasteiger partial charge in [-0.1, -0.05) is 40.9 Å². The first-order valence-corrected chi connectivity index (χ1v) is 10.6. The van der Waals surface area contributed by atoms with E-state index in [1.165, 1.54) is 31.2 Å². The van der Waals surface area contributed by atoms with Gasteiger partial charge < -0.3 is 15.8 Å². The van der Waals surface area contributed by atoms with Gasteiger partial charge in [0.05, 0.1) is 19.8 Å². The van der Waals surface area contributed by atoms with Crippen LogP contribution in [0, 0.1) is 0 Å². The van der Waals surface area contributed by atoms with Crippen molar-refractivity contribution in [1.82, 2.24) is 10.2 Å². The summed E-state index contributed by atoms with van der Waals surface area (Å²) in [6.45, 7) is 6.52. The molecule has 152 valence electrons. The van der Waals surface area contributed by atoms with E-state index in [4.69, 9.17) is 15.5 Å². The monoisotopic (exact) mass is 550 g/mol. The Morgan fingerprint density at radius 2 is 2.00 bits per heavy atom. The second-order valence-corrected chi connectivity index (χ2v) is 8.35. The van der Waals surface area contributed by atoms with Crippen molar-refractivity contribution < 1.29 is 4.74 Å². The zero-order valence-electron chi connectivity index (χ0n) is 16.0. The molecule has 1 aromatic rings. The fourth-order valence-corrected chi connectivity index (χ4v) is 4.44. The smallest absolute Gasteiger partial charge is 0.188 e. The molecule has 2 aliphatic rings. The van der Waals surface area contributed by atoms with Crippen LogP contribution in [-0.4, -0.2) is 56.8 Å².